The van der Waals surface area contributed by atoms with E-state index in [4.69, 9.17) is 4.42 Å². The zero-order valence-corrected chi connectivity index (χ0v) is 28.4. The molecule has 0 unspecified atom stereocenters. The molecule has 0 atom stereocenters. The van der Waals surface area contributed by atoms with Crippen molar-refractivity contribution >= 4 is 60.5 Å². The van der Waals surface area contributed by atoms with Gasteiger partial charge >= 0.3 is 0 Å². The molecule has 0 bridgehead atoms. The first-order valence-corrected chi connectivity index (χ1v) is 17.8. The van der Waals surface area contributed by atoms with Gasteiger partial charge < -0.3 is 9.32 Å². The van der Waals surface area contributed by atoms with Crippen molar-refractivity contribution in [1.82, 2.24) is 0 Å². The number of hydrogen-bond acceptors (Lipinski definition) is 2. The summed E-state index contributed by atoms with van der Waals surface area (Å²) >= 11 is 0. The van der Waals surface area contributed by atoms with Gasteiger partial charge in [0.05, 0.1) is 16.8 Å². The Kier molecular flexibility index (Phi) is 7.18. The molecular formula is C50H33NO. The van der Waals surface area contributed by atoms with Gasteiger partial charge in [-0.1, -0.05) is 164 Å². The van der Waals surface area contributed by atoms with Crippen LogP contribution >= 0.6 is 0 Å². The molecule has 1 heterocycles. The lowest BCUT2D eigenvalue weighted by atomic mass is 9.92. The Morgan fingerprint density at radius 3 is 1.75 bits per heavy atom. The normalized spacial score (nSPS) is 11.5. The van der Waals surface area contributed by atoms with Gasteiger partial charge in [-0.15, -0.1) is 0 Å². The molecule has 2 nitrogen and oxygen atoms in total. The van der Waals surface area contributed by atoms with Crippen LogP contribution < -0.4 is 4.90 Å². The van der Waals surface area contributed by atoms with Gasteiger partial charge in [-0.2, -0.15) is 0 Å². The van der Waals surface area contributed by atoms with Crippen molar-refractivity contribution in [1.29, 1.82) is 0 Å². The summed E-state index contributed by atoms with van der Waals surface area (Å²) in [5.41, 5.74) is 12.1. The Morgan fingerprint density at radius 1 is 0.346 bits per heavy atom. The highest BCUT2D eigenvalue weighted by Crippen LogP contribution is 2.48. The summed E-state index contributed by atoms with van der Waals surface area (Å²) in [6.07, 6.45) is 0. The second-order valence-electron chi connectivity index (χ2n) is 13.3. The third-order valence-corrected chi connectivity index (χ3v) is 10.3. The van der Waals surface area contributed by atoms with Crippen molar-refractivity contribution < 1.29 is 4.42 Å². The molecule has 0 aliphatic rings. The number of rotatable bonds is 6. The van der Waals surface area contributed by atoms with Gasteiger partial charge in [-0.25, -0.2) is 0 Å². The number of furan rings is 1. The summed E-state index contributed by atoms with van der Waals surface area (Å²) in [7, 11) is 0. The van der Waals surface area contributed by atoms with Crippen molar-refractivity contribution in [3.8, 4) is 33.4 Å². The van der Waals surface area contributed by atoms with Gasteiger partial charge in [0.2, 0.25) is 0 Å². The molecule has 1 aromatic heterocycles. The molecule has 10 rings (SSSR count). The van der Waals surface area contributed by atoms with Gasteiger partial charge in [0.1, 0.15) is 11.2 Å². The number of para-hydroxylation sites is 2. The van der Waals surface area contributed by atoms with Crippen LogP contribution in [0.25, 0.3) is 76.9 Å². The van der Waals surface area contributed by atoms with Crippen LogP contribution in [0.2, 0.25) is 0 Å². The molecule has 0 saturated carbocycles. The van der Waals surface area contributed by atoms with Crippen LogP contribution in [0.1, 0.15) is 0 Å². The van der Waals surface area contributed by atoms with Crippen molar-refractivity contribution in [2.45, 2.75) is 0 Å². The predicted octanol–water partition coefficient (Wildman–Crippen LogP) is 14.4. The van der Waals surface area contributed by atoms with E-state index in [0.717, 1.165) is 55.5 Å². The van der Waals surface area contributed by atoms with Gasteiger partial charge in [0.15, 0.2) is 0 Å². The van der Waals surface area contributed by atoms with E-state index in [1.165, 1.54) is 38.4 Å². The summed E-state index contributed by atoms with van der Waals surface area (Å²) in [4.78, 5) is 2.39. The van der Waals surface area contributed by atoms with Gasteiger partial charge in [0.25, 0.3) is 0 Å². The molecule has 52 heavy (non-hydrogen) atoms. The molecular weight excluding hydrogens is 631 g/mol. The highest BCUT2D eigenvalue weighted by Gasteiger charge is 2.23. The average molecular weight is 664 g/mol. The number of hydrogen-bond donors (Lipinski definition) is 0. The Hall–Kier alpha value is -6.90. The summed E-state index contributed by atoms with van der Waals surface area (Å²) in [5, 5.41) is 6.93. The average Bonchev–Trinajstić information content (AvgIpc) is 3.61. The van der Waals surface area contributed by atoms with Crippen LogP contribution in [0.3, 0.4) is 0 Å². The van der Waals surface area contributed by atoms with E-state index in [1.807, 2.05) is 0 Å². The fourth-order valence-electron chi connectivity index (χ4n) is 7.87. The number of nitrogens with zero attached hydrogens (tertiary/aromatic N) is 1. The zero-order chi connectivity index (χ0) is 34.4. The molecule has 0 N–H and O–H groups in total. The molecule has 9 aromatic carbocycles. The summed E-state index contributed by atoms with van der Waals surface area (Å²) < 4.78 is 6.85. The zero-order valence-electron chi connectivity index (χ0n) is 28.4. The minimum absolute atomic E-state index is 0.860. The number of benzene rings is 9. The van der Waals surface area contributed by atoms with Crippen molar-refractivity contribution in [2.24, 2.45) is 0 Å². The number of fused-ring (bicyclic) bond motifs is 6. The quantitative estimate of drug-likeness (QED) is 0.176. The lowest BCUT2D eigenvalue weighted by molar-refractivity contribution is 0.672. The number of anilines is 3. The molecule has 0 aliphatic heterocycles. The molecule has 0 fully saturated rings. The lowest BCUT2D eigenvalue weighted by Gasteiger charge is -2.28. The van der Waals surface area contributed by atoms with Gasteiger partial charge in [-0.05, 0) is 80.4 Å². The Balaban J connectivity index is 1.23. The summed E-state index contributed by atoms with van der Waals surface area (Å²) in [5.74, 6) is 0. The molecule has 0 aliphatic carbocycles. The third kappa shape index (κ3) is 4.96. The van der Waals surface area contributed by atoms with Gasteiger partial charge in [0, 0.05) is 22.0 Å². The second kappa shape index (κ2) is 12.5. The fraction of sp³-hybridized carbons (Fsp3) is 0. The SMILES string of the molecule is c1ccc(-c2ccc(-c3ccccc3N(c3ccccc3)c3cccc4oc5c6ccccc6c(-c6cccc7ccccc67)cc5c34)cc2)cc1. The first-order valence-electron chi connectivity index (χ1n) is 17.8. The Morgan fingerprint density at radius 2 is 0.923 bits per heavy atom. The monoisotopic (exact) mass is 663 g/mol. The van der Waals surface area contributed by atoms with Crippen LogP contribution in [0.5, 0.6) is 0 Å². The maximum absolute atomic E-state index is 6.85. The Labute approximate surface area is 302 Å². The highest BCUT2D eigenvalue weighted by molar-refractivity contribution is 6.23. The van der Waals surface area contributed by atoms with E-state index < -0.39 is 0 Å². The van der Waals surface area contributed by atoms with E-state index in [2.05, 4.69) is 205 Å². The molecule has 244 valence electrons. The van der Waals surface area contributed by atoms with Crippen LogP contribution in [0.4, 0.5) is 17.1 Å². The van der Waals surface area contributed by atoms with E-state index >= 15 is 0 Å². The molecule has 2 heteroatoms. The first kappa shape index (κ1) is 30.0. The summed E-state index contributed by atoms with van der Waals surface area (Å²) in [6.45, 7) is 0. The molecule has 0 radical (unpaired) electrons. The maximum atomic E-state index is 6.85. The van der Waals surface area contributed by atoms with Crippen LogP contribution in [-0.4, -0.2) is 0 Å². The minimum Gasteiger partial charge on any atom is -0.455 e. The summed E-state index contributed by atoms with van der Waals surface area (Å²) in [6, 6.07) is 71.5. The van der Waals surface area contributed by atoms with Gasteiger partial charge in [-0.3, -0.25) is 0 Å². The molecule has 0 saturated heterocycles. The van der Waals surface area contributed by atoms with E-state index in [9.17, 15) is 0 Å². The lowest BCUT2D eigenvalue weighted by Crippen LogP contribution is -2.11. The van der Waals surface area contributed by atoms with Crippen LogP contribution in [0, 0.1) is 0 Å². The largest absolute Gasteiger partial charge is 0.455 e. The van der Waals surface area contributed by atoms with E-state index in [1.54, 1.807) is 0 Å². The van der Waals surface area contributed by atoms with Crippen LogP contribution in [-0.2, 0) is 0 Å². The topological polar surface area (TPSA) is 16.4 Å². The minimum atomic E-state index is 0.860. The highest BCUT2D eigenvalue weighted by atomic mass is 16.3. The first-order chi connectivity index (χ1) is 25.8. The third-order valence-electron chi connectivity index (χ3n) is 10.3. The second-order valence-corrected chi connectivity index (χ2v) is 13.3. The maximum Gasteiger partial charge on any atom is 0.143 e. The van der Waals surface area contributed by atoms with E-state index in [-0.39, 0.29) is 0 Å². The van der Waals surface area contributed by atoms with Crippen molar-refractivity contribution in [3.63, 3.8) is 0 Å². The Bertz CT molecular complexity index is 2880. The molecule has 0 spiro atoms. The van der Waals surface area contributed by atoms with E-state index in [0.29, 0.717) is 0 Å². The smallest absolute Gasteiger partial charge is 0.143 e. The van der Waals surface area contributed by atoms with Crippen molar-refractivity contribution in [3.05, 3.63) is 200 Å². The molecule has 0 amide bonds. The predicted molar refractivity (Wildman–Crippen MR) is 220 cm³/mol. The van der Waals surface area contributed by atoms with Crippen LogP contribution in [0.15, 0.2) is 205 Å². The standard InChI is InChI=1S/C50H33NO/c1-3-15-34(16-4-1)35-29-31-37(32-30-35)40-22-11-12-26-46(40)51(38-19-5-2-6-20-38)47-27-14-28-48-49(47)45-33-44(42-23-9-10-24-43(42)50(45)52-48)41-25-13-18-36-17-7-8-21-39(36)41/h1-33H. The van der Waals surface area contributed by atoms with Crippen molar-refractivity contribution in [2.75, 3.05) is 4.90 Å². The fourth-order valence-corrected chi connectivity index (χ4v) is 7.87. The molecule has 10 aromatic rings.